The molecule has 1 aromatic rings. The predicted molar refractivity (Wildman–Crippen MR) is 115 cm³/mol. The second kappa shape index (κ2) is 9.55. The van der Waals surface area contributed by atoms with Gasteiger partial charge in [0.2, 0.25) is 10.0 Å². The van der Waals surface area contributed by atoms with E-state index in [1.54, 1.807) is 4.90 Å². The first-order valence-corrected chi connectivity index (χ1v) is 12.3. The molecule has 4 rings (SSSR count). The third-order valence-electron chi connectivity index (χ3n) is 5.84. The van der Waals surface area contributed by atoms with Gasteiger partial charge < -0.3 is 14.4 Å². The van der Waals surface area contributed by atoms with Crippen molar-refractivity contribution in [1.82, 2.24) is 9.21 Å². The number of carbonyl (C=O) groups is 1. The number of rotatable bonds is 8. The molecule has 2 aliphatic carbocycles. The highest BCUT2D eigenvalue weighted by Crippen LogP contribution is 2.35. The van der Waals surface area contributed by atoms with E-state index in [-0.39, 0.29) is 55.5 Å². The highest BCUT2D eigenvalue weighted by molar-refractivity contribution is 7.89. The minimum atomic E-state index is -3.89. The smallest absolute Gasteiger partial charge is 0.312 e. The van der Waals surface area contributed by atoms with E-state index in [1.807, 2.05) is 0 Å². The van der Waals surface area contributed by atoms with Crippen LogP contribution in [0.3, 0.4) is 0 Å². The number of nitrogens with zero attached hydrogens (tertiary/aromatic N) is 3. The van der Waals surface area contributed by atoms with Gasteiger partial charge in [0, 0.05) is 30.9 Å². The molecule has 0 radical (unpaired) electrons. The van der Waals surface area contributed by atoms with Crippen LogP contribution >= 0.6 is 0 Å². The third-order valence-corrected chi connectivity index (χ3v) is 7.74. The summed E-state index contributed by atoms with van der Waals surface area (Å²) in [5.74, 6) is -0.363. The Balaban J connectivity index is 1.50. The van der Waals surface area contributed by atoms with Crippen molar-refractivity contribution in [1.29, 1.82) is 0 Å². The molecule has 1 saturated heterocycles. The number of morpholine rings is 1. The molecule has 1 saturated carbocycles. The van der Waals surface area contributed by atoms with Gasteiger partial charge >= 0.3 is 5.69 Å². The Bertz CT molecular complexity index is 1010. The molecule has 3 aliphatic rings. The minimum Gasteiger partial charge on any atom is -0.477 e. The molecular formula is C21H27N3O7S. The Hall–Kier alpha value is -2.50. The molecule has 0 bridgehead atoms. The zero-order chi connectivity index (χ0) is 22.7. The SMILES string of the molecule is O=C(COc1ccc(S(=O)(=O)N2CCOCC2)cc1[N+](=O)[O-])N(C1=CCCCC1)C1CC1. The number of carbonyl (C=O) groups excluding carboxylic acids is 1. The van der Waals surface area contributed by atoms with Crippen LogP contribution in [0.4, 0.5) is 5.69 Å². The highest BCUT2D eigenvalue weighted by atomic mass is 32.2. The molecule has 174 valence electrons. The first kappa shape index (κ1) is 22.7. The average Bonchev–Trinajstić information content (AvgIpc) is 3.64. The van der Waals surface area contributed by atoms with E-state index in [9.17, 15) is 23.3 Å². The first-order chi connectivity index (χ1) is 15.4. The van der Waals surface area contributed by atoms with E-state index in [0.717, 1.165) is 50.3 Å². The van der Waals surface area contributed by atoms with Crippen LogP contribution in [-0.4, -0.2) is 67.4 Å². The van der Waals surface area contributed by atoms with Crippen molar-refractivity contribution in [2.45, 2.75) is 49.5 Å². The third kappa shape index (κ3) is 4.94. The summed E-state index contributed by atoms with van der Waals surface area (Å²) in [6.45, 7) is 0.590. The molecule has 2 fully saturated rings. The van der Waals surface area contributed by atoms with E-state index in [4.69, 9.17) is 9.47 Å². The largest absolute Gasteiger partial charge is 0.477 e. The van der Waals surface area contributed by atoms with Gasteiger partial charge in [0.25, 0.3) is 5.91 Å². The highest BCUT2D eigenvalue weighted by Gasteiger charge is 2.35. The lowest BCUT2D eigenvalue weighted by molar-refractivity contribution is -0.386. The van der Waals surface area contributed by atoms with Crippen molar-refractivity contribution in [2.75, 3.05) is 32.9 Å². The van der Waals surface area contributed by atoms with Crippen LogP contribution in [0.5, 0.6) is 5.75 Å². The summed E-state index contributed by atoms with van der Waals surface area (Å²) in [7, 11) is -3.89. The molecule has 0 unspecified atom stereocenters. The second-order valence-corrected chi connectivity index (χ2v) is 10.1. The lowest BCUT2D eigenvalue weighted by atomic mass is 10.0. The lowest BCUT2D eigenvalue weighted by Crippen LogP contribution is -2.40. The summed E-state index contributed by atoms with van der Waals surface area (Å²) in [6, 6.07) is 3.69. The first-order valence-electron chi connectivity index (χ1n) is 10.9. The van der Waals surface area contributed by atoms with Crippen molar-refractivity contribution in [3.05, 3.63) is 40.1 Å². The Morgan fingerprint density at radius 2 is 2.00 bits per heavy atom. The summed E-state index contributed by atoms with van der Waals surface area (Å²) < 4.78 is 37.6. The number of nitro benzene ring substituents is 1. The van der Waals surface area contributed by atoms with Crippen LogP contribution in [0, 0.1) is 10.1 Å². The van der Waals surface area contributed by atoms with E-state index >= 15 is 0 Å². The van der Waals surface area contributed by atoms with Crippen LogP contribution < -0.4 is 4.74 Å². The summed E-state index contributed by atoms with van der Waals surface area (Å²) in [5.41, 5.74) is 0.524. The molecular weight excluding hydrogens is 438 g/mol. The molecule has 11 heteroatoms. The van der Waals surface area contributed by atoms with Crippen LogP contribution in [0.15, 0.2) is 34.9 Å². The quantitative estimate of drug-likeness (QED) is 0.427. The van der Waals surface area contributed by atoms with Crippen molar-refractivity contribution in [2.24, 2.45) is 0 Å². The minimum absolute atomic E-state index is 0.127. The van der Waals surface area contributed by atoms with Gasteiger partial charge in [0.05, 0.1) is 23.0 Å². The van der Waals surface area contributed by atoms with Gasteiger partial charge in [-0.15, -0.1) is 0 Å². The van der Waals surface area contributed by atoms with Crippen LogP contribution in [-0.2, 0) is 19.6 Å². The number of ether oxygens (including phenoxy) is 2. The van der Waals surface area contributed by atoms with Crippen molar-refractivity contribution in [3.8, 4) is 5.75 Å². The number of sulfonamides is 1. The molecule has 0 spiro atoms. The normalized spacial score (nSPS) is 19.8. The number of hydrogen-bond donors (Lipinski definition) is 0. The molecule has 32 heavy (non-hydrogen) atoms. The van der Waals surface area contributed by atoms with Crippen LogP contribution in [0.2, 0.25) is 0 Å². The maximum absolute atomic E-state index is 12.9. The molecule has 1 heterocycles. The summed E-state index contributed by atoms with van der Waals surface area (Å²) in [6.07, 6.45) is 7.90. The molecule has 1 aliphatic heterocycles. The van der Waals surface area contributed by atoms with Gasteiger partial charge in [-0.1, -0.05) is 6.08 Å². The van der Waals surface area contributed by atoms with E-state index in [2.05, 4.69) is 6.08 Å². The number of hydrogen-bond acceptors (Lipinski definition) is 7. The van der Waals surface area contributed by atoms with Gasteiger partial charge in [-0.25, -0.2) is 8.42 Å². The zero-order valence-corrected chi connectivity index (χ0v) is 18.6. The topological polar surface area (TPSA) is 119 Å². The average molecular weight is 466 g/mol. The molecule has 10 nitrogen and oxygen atoms in total. The molecule has 0 aromatic heterocycles. The van der Waals surface area contributed by atoms with Gasteiger partial charge in [-0.3, -0.25) is 14.9 Å². The number of nitro groups is 1. The van der Waals surface area contributed by atoms with E-state index < -0.39 is 20.6 Å². The molecule has 0 N–H and O–H groups in total. The van der Waals surface area contributed by atoms with E-state index in [1.165, 1.54) is 16.4 Å². The van der Waals surface area contributed by atoms with Gasteiger partial charge in [-0.2, -0.15) is 4.31 Å². The molecule has 1 amide bonds. The molecule has 1 aromatic carbocycles. The van der Waals surface area contributed by atoms with Crippen molar-refractivity contribution < 1.29 is 27.6 Å². The van der Waals surface area contributed by atoms with Crippen LogP contribution in [0.25, 0.3) is 0 Å². The van der Waals surface area contributed by atoms with Crippen LogP contribution in [0.1, 0.15) is 38.5 Å². The monoisotopic (exact) mass is 465 g/mol. The number of allylic oxidation sites excluding steroid dienone is 2. The van der Waals surface area contributed by atoms with E-state index in [0.29, 0.717) is 0 Å². The Kier molecular flexibility index (Phi) is 6.77. The predicted octanol–water partition coefficient (Wildman–Crippen LogP) is 2.44. The maximum Gasteiger partial charge on any atom is 0.312 e. The molecule has 0 atom stereocenters. The van der Waals surface area contributed by atoms with Gasteiger partial charge in [0.1, 0.15) is 0 Å². The van der Waals surface area contributed by atoms with Crippen molar-refractivity contribution in [3.63, 3.8) is 0 Å². The number of benzene rings is 1. The fourth-order valence-electron chi connectivity index (χ4n) is 4.04. The van der Waals surface area contributed by atoms with Gasteiger partial charge in [0.15, 0.2) is 12.4 Å². The standard InChI is InChI=1S/C21H27N3O7S/c25-21(23(17-6-7-17)16-4-2-1-3-5-16)15-31-20-9-8-18(14-19(20)24(26)27)32(28,29)22-10-12-30-13-11-22/h4,8-9,14,17H,1-3,5-7,10-13,15H2. The summed E-state index contributed by atoms with van der Waals surface area (Å²) >= 11 is 0. The van der Waals surface area contributed by atoms with Gasteiger partial charge in [-0.05, 0) is 50.7 Å². The van der Waals surface area contributed by atoms with Crippen molar-refractivity contribution >= 4 is 21.6 Å². The Labute approximate surface area is 187 Å². The fourth-order valence-corrected chi connectivity index (χ4v) is 5.47. The lowest BCUT2D eigenvalue weighted by Gasteiger charge is -2.27. The second-order valence-electron chi connectivity index (χ2n) is 8.13. The number of amides is 1. The summed E-state index contributed by atoms with van der Waals surface area (Å²) in [5, 5.41) is 11.6. The zero-order valence-electron chi connectivity index (χ0n) is 17.8. The Morgan fingerprint density at radius 1 is 1.25 bits per heavy atom. The maximum atomic E-state index is 12.9. The Morgan fingerprint density at radius 3 is 2.62 bits per heavy atom. The summed E-state index contributed by atoms with van der Waals surface area (Å²) in [4.78, 5) is 25.4. The fraction of sp³-hybridized carbons (Fsp3) is 0.571.